The molecule has 2 aromatic rings. The normalized spacial score (nSPS) is 26.3. The number of hydrogen-bond donors (Lipinski definition) is 2. The minimum atomic E-state index is -1.24. The molecule has 0 radical (unpaired) electrons. The maximum atomic E-state index is 14.9. The van der Waals surface area contributed by atoms with Gasteiger partial charge in [0.15, 0.2) is 5.82 Å². The average molecular weight is 544 g/mol. The minimum absolute atomic E-state index is 0.0969. The van der Waals surface area contributed by atoms with E-state index in [1.807, 2.05) is 6.92 Å². The Morgan fingerprint density at radius 3 is 2.72 bits per heavy atom. The Morgan fingerprint density at radius 1 is 1.18 bits per heavy atom. The number of nitrogens with zero attached hydrogens (tertiary/aromatic N) is 7. The van der Waals surface area contributed by atoms with E-state index in [9.17, 15) is 14.0 Å². The SMILES string of the molecule is CCOc1cnc(NC(=O)N(C)[C@H]2CN(c3nccc(OC(=O)N[C@@H]4C[C@@H]5C[C@H]4CN5C)n3)CC[C@H]2F)cn1. The van der Waals surface area contributed by atoms with Gasteiger partial charge in [-0.25, -0.2) is 28.9 Å². The number of alkyl halides is 1. The number of halogens is 1. The molecular weight excluding hydrogens is 509 g/mol. The van der Waals surface area contributed by atoms with Crippen molar-refractivity contribution in [3.63, 3.8) is 0 Å². The fourth-order valence-corrected chi connectivity index (χ4v) is 5.57. The third-order valence-electron chi connectivity index (χ3n) is 7.69. The van der Waals surface area contributed by atoms with Gasteiger partial charge in [-0.05, 0) is 39.2 Å². The van der Waals surface area contributed by atoms with Crippen molar-refractivity contribution in [2.75, 3.05) is 50.6 Å². The van der Waals surface area contributed by atoms with E-state index in [0.29, 0.717) is 36.9 Å². The lowest BCUT2D eigenvalue weighted by Crippen LogP contribution is -2.55. The van der Waals surface area contributed by atoms with Crippen LogP contribution in [-0.4, -0.2) is 106 Å². The van der Waals surface area contributed by atoms with E-state index < -0.39 is 24.3 Å². The number of carbonyl (C=O) groups is 2. The largest absolute Gasteiger partial charge is 0.477 e. The van der Waals surface area contributed by atoms with Crippen LogP contribution in [0.4, 0.5) is 25.7 Å². The van der Waals surface area contributed by atoms with Crippen LogP contribution >= 0.6 is 0 Å². The van der Waals surface area contributed by atoms with Gasteiger partial charge >= 0.3 is 12.1 Å². The predicted molar refractivity (Wildman–Crippen MR) is 140 cm³/mol. The lowest BCUT2D eigenvalue weighted by atomic mass is 10.0. The molecule has 39 heavy (non-hydrogen) atoms. The molecule has 3 fully saturated rings. The lowest BCUT2D eigenvalue weighted by molar-refractivity contribution is 0.133. The molecule has 3 amide bonds. The monoisotopic (exact) mass is 543 g/mol. The van der Waals surface area contributed by atoms with Crippen molar-refractivity contribution in [3.05, 3.63) is 24.7 Å². The molecule has 13 nitrogen and oxygen atoms in total. The van der Waals surface area contributed by atoms with E-state index in [1.54, 1.807) is 4.90 Å². The maximum absolute atomic E-state index is 14.9. The summed E-state index contributed by atoms with van der Waals surface area (Å²) < 4.78 is 25.7. The molecule has 0 unspecified atom stereocenters. The number of urea groups is 1. The van der Waals surface area contributed by atoms with Gasteiger partial charge in [0.25, 0.3) is 0 Å². The molecule has 2 aromatic heterocycles. The summed E-state index contributed by atoms with van der Waals surface area (Å²) in [7, 11) is 3.63. The van der Waals surface area contributed by atoms with Gasteiger partial charge in [-0.3, -0.25) is 5.32 Å². The first-order valence-corrected chi connectivity index (χ1v) is 13.2. The summed E-state index contributed by atoms with van der Waals surface area (Å²) in [6.07, 6.45) is 4.67. The zero-order chi connectivity index (χ0) is 27.5. The van der Waals surface area contributed by atoms with Crippen molar-refractivity contribution in [3.8, 4) is 11.8 Å². The highest BCUT2D eigenvalue weighted by Gasteiger charge is 2.43. The van der Waals surface area contributed by atoms with Crippen LogP contribution in [0.1, 0.15) is 26.2 Å². The Labute approximate surface area is 226 Å². The number of likely N-dealkylation sites (N-methyl/N-ethyl adjacent to an activating group) is 1. The number of ether oxygens (including phenoxy) is 2. The highest BCUT2D eigenvalue weighted by atomic mass is 19.1. The number of hydrogen-bond acceptors (Lipinski definition) is 10. The van der Waals surface area contributed by atoms with Crippen LogP contribution in [0.3, 0.4) is 0 Å². The molecule has 1 saturated carbocycles. The number of rotatable bonds is 7. The van der Waals surface area contributed by atoms with Crippen LogP contribution in [0.15, 0.2) is 24.7 Å². The summed E-state index contributed by atoms with van der Waals surface area (Å²) >= 11 is 0. The molecule has 1 aliphatic carbocycles. The van der Waals surface area contributed by atoms with Crippen LogP contribution in [0.2, 0.25) is 0 Å². The van der Waals surface area contributed by atoms with Crippen molar-refractivity contribution in [1.29, 1.82) is 0 Å². The molecular formula is C25H34FN9O4. The summed E-state index contributed by atoms with van der Waals surface area (Å²) in [5.41, 5.74) is 0. The molecule has 2 bridgehead atoms. The summed E-state index contributed by atoms with van der Waals surface area (Å²) in [5, 5.41) is 5.60. The fourth-order valence-electron chi connectivity index (χ4n) is 5.57. The zero-order valence-electron chi connectivity index (χ0n) is 22.3. The lowest BCUT2D eigenvalue weighted by Gasteiger charge is -2.39. The molecule has 2 aliphatic heterocycles. The second-order valence-electron chi connectivity index (χ2n) is 10.2. The minimum Gasteiger partial charge on any atom is -0.477 e. The highest BCUT2D eigenvalue weighted by molar-refractivity contribution is 5.88. The first kappa shape index (κ1) is 26.8. The van der Waals surface area contributed by atoms with Gasteiger partial charge in [0, 0.05) is 51.0 Å². The summed E-state index contributed by atoms with van der Waals surface area (Å²) in [5.74, 6) is 1.41. The Balaban J connectivity index is 1.17. The molecule has 0 spiro atoms. The van der Waals surface area contributed by atoms with E-state index in [2.05, 4.69) is 42.5 Å². The van der Waals surface area contributed by atoms with Gasteiger partial charge in [-0.15, -0.1) is 0 Å². The maximum Gasteiger partial charge on any atom is 0.414 e. The quantitative estimate of drug-likeness (QED) is 0.533. The molecule has 5 rings (SSSR count). The highest BCUT2D eigenvalue weighted by Crippen LogP contribution is 2.36. The number of likely N-dealkylation sites (tertiary alicyclic amines) is 1. The predicted octanol–water partition coefficient (Wildman–Crippen LogP) is 1.93. The molecule has 4 heterocycles. The van der Waals surface area contributed by atoms with Crippen LogP contribution in [0, 0.1) is 5.92 Å². The average Bonchev–Trinajstić information content (AvgIpc) is 3.49. The van der Waals surface area contributed by atoms with Crippen LogP contribution in [0.5, 0.6) is 11.8 Å². The van der Waals surface area contributed by atoms with Crippen LogP contribution in [0.25, 0.3) is 0 Å². The van der Waals surface area contributed by atoms with E-state index >= 15 is 0 Å². The van der Waals surface area contributed by atoms with Crippen LogP contribution in [-0.2, 0) is 0 Å². The molecule has 3 aliphatic rings. The molecule has 2 N–H and O–H groups in total. The second kappa shape index (κ2) is 11.5. The van der Waals surface area contributed by atoms with Gasteiger partial charge in [-0.2, -0.15) is 4.98 Å². The topological polar surface area (TPSA) is 138 Å². The Kier molecular flexibility index (Phi) is 7.91. The number of fused-ring (bicyclic) bond motifs is 2. The van der Waals surface area contributed by atoms with E-state index in [0.717, 1.165) is 19.4 Å². The van der Waals surface area contributed by atoms with E-state index in [1.165, 1.54) is 36.6 Å². The molecule has 210 valence electrons. The summed E-state index contributed by atoms with van der Waals surface area (Å²) in [6, 6.07) is 0.825. The third-order valence-corrected chi connectivity index (χ3v) is 7.69. The van der Waals surface area contributed by atoms with Crippen molar-refractivity contribution in [2.24, 2.45) is 5.92 Å². The van der Waals surface area contributed by atoms with Gasteiger partial charge in [0.1, 0.15) is 6.17 Å². The number of piperidine rings is 2. The van der Waals surface area contributed by atoms with Gasteiger partial charge in [0.2, 0.25) is 17.7 Å². The van der Waals surface area contributed by atoms with Crippen molar-refractivity contribution < 1.29 is 23.5 Å². The first-order valence-electron chi connectivity index (χ1n) is 13.2. The van der Waals surface area contributed by atoms with Gasteiger partial charge in [0.05, 0.1) is 25.0 Å². The number of amides is 3. The van der Waals surface area contributed by atoms with E-state index in [-0.39, 0.29) is 30.7 Å². The van der Waals surface area contributed by atoms with Crippen molar-refractivity contribution in [2.45, 2.75) is 50.5 Å². The van der Waals surface area contributed by atoms with Gasteiger partial charge < -0.3 is 29.5 Å². The standard InChI is InChI=1S/C25H34FN9O4/c1-4-38-22-12-28-20(11-29-22)31-24(36)34(3)19-14-35(8-6-17(19)26)23-27-7-5-21(32-23)39-25(37)30-18-10-16-9-15(18)13-33(16)2/h5,7,11-12,15-19H,4,6,8-10,13-14H2,1-3H3,(H,30,37)(H,28,31,36)/t15-,16-,17+,18+,19-/m0/s1. The fraction of sp³-hybridized carbons (Fsp3) is 0.600. The molecule has 2 saturated heterocycles. The molecule has 5 atom stereocenters. The van der Waals surface area contributed by atoms with Gasteiger partial charge in [-0.1, -0.05) is 0 Å². The Bertz CT molecular complexity index is 1170. The smallest absolute Gasteiger partial charge is 0.414 e. The van der Waals surface area contributed by atoms with Crippen molar-refractivity contribution >= 4 is 23.9 Å². The number of aromatic nitrogens is 4. The summed E-state index contributed by atoms with van der Waals surface area (Å²) in [4.78, 5) is 47.6. The first-order chi connectivity index (χ1) is 18.8. The van der Waals surface area contributed by atoms with Crippen LogP contribution < -0.4 is 25.0 Å². The van der Waals surface area contributed by atoms with Crippen molar-refractivity contribution in [1.82, 2.24) is 35.1 Å². The Morgan fingerprint density at radius 2 is 2.03 bits per heavy atom. The number of carbonyl (C=O) groups excluding carboxylic acids is 2. The molecule has 14 heteroatoms. The Hall–Kier alpha value is -3.81. The zero-order valence-corrected chi connectivity index (χ0v) is 22.3. The second-order valence-corrected chi connectivity index (χ2v) is 10.2. The number of nitrogens with one attached hydrogen (secondary N) is 2. The number of anilines is 2. The summed E-state index contributed by atoms with van der Waals surface area (Å²) in [6.45, 7) is 3.76. The molecule has 0 aromatic carbocycles. The third kappa shape index (κ3) is 6.10. The van der Waals surface area contributed by atoms with E-state index in [4.69, 9.17) is 9.47 Å².